The normalized spacial score (nSPS) is 16.4. The van der Waals surface area contributed by atoms with Crippen LogP contribution < -0.4 is 0 Å². The van der Waals surface area contributed by atoms with Crippen LogP contribution in [0.25, 0.3) is 5.78 Å². The van der Waals surface area contributed by atoms with Gasteiger partial charge in [-0.15, -0.1) is 5.10 Å². The standard InChI is InChI=1S/C20H23N5O4/c1-12-6-7-21-20-22-18(23-25(12)20)19(27)29-11-17(26)16-9-13(2)24(14(16)3)10-15-5-4-8-28-15/h6-7,9,15H,4-5,8,10-11H2,1-3H3/t15-/m0/s1. The molecule has 29 heavy (non-hydrogen) atoms. The molecule has 4 rings (SSSR count). The lowest BCUT2D eigenvalue weighted by molar-refractivity contribution is 0.0462. The number of hydrogen-bond donors (Lipinski definition) is 0. The van der Waals surface area contributed by atoms with E-state index in [9.17, 15) is 9.59 Å². The van der Waals surface area contributed by atoms with Gasteiger partial charge in [0.15, 0.2) is 6.61 Å². The molecule has 0 aliphatic carbocycles. The third-order valence-corrected chi connectivity index (χ3v) is 5.23. The Balaban J connectivity index is 1.43. The molecule has 9 nitrogen and oxygen atoms in total. The number of carbonyl (C=O) groups is 2. The fourth-order valence-electron chi connectivity index (χ4n) is 3.62. The average molecular weight is 397 g/mol. The molecule has 1 fully saturated rings. The molecule has 4 heterocycles. The van der Waals surface area contributed by atoms with Crippen LogP contribution in [0.5, 0.6) is 0 Å². The van der Waals surface area contributed by atoms with Crippen molar-refractivity contribution in [1.82, 2.24) is 24.1 Å². The van der Waals surface area contributed by atoms with E-state index >= 15 is 0 Å². The highest BCUT2D eigenvalue weighted by Gasteiger charge is 2.23. The first-order chi connectivity index (χ1) is 13.9. The van der Waals surface area contributed by atoms with Crippen molar-refractivity contribution in [3.05, 3.63) is 46.8 Å². The fraction of sp³-hybridized carbons (Fsp3) is 0.450. The summed E-state index contributed by atoms with van der Waals surface area (Å²) in [6, 6.07) is 3.59. The molecule has 152 valence electrons. The summed E-state index contributed by atoms with van der Waals surface area (Å²) in [4.78, 5) is 33.0. The summed E-state index contributed by atoms with van der Waals surface area (Å²) >= 11 is 0. The maximum absolute atomic E-state index is 12.7. The first-order valence-corrected chi connectivity index (χ1v) is 9.61. The van der Waals surface area contributed by atoms with E-state index in [1.165, 1.54) is 4.52 Å². The summed E-state index contributed by atoms with van der Waals surface area (Å²) in [5.74, 6) is -0.830. The van der Waals surface area contributed by atoms with E-state index in [-0.39, 0.29) is 24.3 Å². The van der Waals surface area contributed by atoms with Gasteiger partial charge in [-0.25, -0.2) is 14.3 Å². The molecular weight excluding hydrogens is 374 g/mol. The number of ether oxygens (including phenoxy) is 2. The lowest BCUT2D eigenvalue weighted by Gasteiger charge is -2.14. The molecule has 1 saturated heterocycles. The van der Waals surface area contributed by atoms with Gasteiger partial charge in [0.1, 0.15) is 0 Å². The van der Waals surface area contributed by atoms with Gasteiger partial charge in [-0.2, -0.15) is 4.98 Å². The van der Waals surface area contributed by atoms with E-state index in [0.717, 1.165) is 43.1 Å². The summed E-state index contributed by atoms with van der Waals surface area (Å²) in [7, 11) is 0. The molecule has 1 atom stereocenters. The summed E-state index contributed by atoms with van der Waals surface area (Å²) in [5, 5.41) is 4.10. The SMILES string of the molecule is Cc1cc(C(=O)COC(=O)c2nc3nccc(C)n3n2)c(C)n1C[C@@H]1CCCO1. The highest BCUT2D eigenvalue weighted by atomic mass is 16.5. The highest BCUT2D eigenvalue weighted by Crippen LogP contribution is 2.21. The van der Waals surface area contributed by atoms with E-state index in [1.54, 1.807) is 12.3 Å². The second kappa shape index (κ2) is 7.75. The monoisotopic (exact) mass is 397 g/mol. The van der Waals surface area contributed by atoms with Gasteiger partial charge in [0, 0.05) is 42.0 Å². The van der Waals surface area contributed by atoms with Crippen molar-refractivity contribution in [2.24, 2.45) is 0 Å². The van der Waals surface area contributed by atoms with E-state index in [4.69, 9.17) is 9.47 Å². The quantitative estimate of drug-likeness (QED) is 0.464. The van der Waals surface area contributed by atoms with Crippen LogP contribution in [0, 0.1) is 20.8 Å². The number of nitrogens with zero attached hydrogens (tertiary/aromatic N) is 5. The molecule has 0 saturated carbocycles. The minimum atomic E-state index is -0.753. The number of aromatic nitrogens is 5. The van der Waals surface area contributed by atoms with Crippen LogP contribution in [-0.4, -0.2) is 55.2 Å². The molecule has 3 aromatic heterocycles. The predicted octanol–water partition coefficient (Wildman–Crippen LogP) is 2.07. The number of fused-ring (bicyclic) bond motifs is 1. The molecule has 0 radical (unpaired) electrons. The molecule has 0 bridgehead atoms. The van der Waals surface area contributed by atoms with Crippen LogP contribution in [0.3, 0.4) is 0 Å². The van der Waals surface area contributed by atoms with Gasteiger partial charge >= 0.3 is 5.97 Å². The summed E-state index contributed by atoms with van der Waals surface area (Å²) in [5.41, 5.74) is 3.17. The average Bonchev–Trinajstić information content (AvgIpc) is 3.42. The number of carbonyl (C=O) groups excluding carboxylic acids is 2. The molecule has 0 aromatic carbocycles. The molecular formula is C20H23N5O4. The Hall–Kier alpha value is -3.07. The van der Waals surface area contributed by atoms with Crippen molar-refractivity contribution in [3.8, 4) is 0 Å². The molecule has 0 spiro atoms. The number of esters is 1. The number of Topliss-reactive ketones (excluding diaryl/α,β-unsaturated/α-hetero) is 1. The molecule has 0 N–H and O–H groups in total. The third-order valence-electron chi connectivity index (χ3n) is 5.23. The van der Waals surface area contributed by atoms with Gasteiger partial charge in [-0.05, 0) is 45.7 Å². The largest absolute Gasteiger partial charge is 0.451 e. The van der Waals surface area contributed by atoms with Crippen LogP contribution in [0.15, 0.2) is 18.3 Å². The smallest absolute Gasteiger partial charge is 0.378 e. The Kier molecular flexibility index (Phi) is 5.14. The zero-order valence-corrected chi connectivity index (χ0v) is 16.7. The second-order valence-corrected chi connectivity index (χ2v) is 7.26. The maximum atomic E-state index is 12.7. The Morgan fingerprint density at radius 3 is 2.83 bits per heavy atom. The van der Waals surface area contributed by atoms with Crippen LogP contribution in [0.2, 0.25) is 0 Å². The lowest BCUT2D eigenvalue weighted by Crippen LogP contribution is -2.18. The topological polar surface area (TPSA) is 101 Å². The summed E-state index contributed by atoms with van der Waals surface area (Å²) < 4.78 is 14.4. The number of aryl methyl sites for hydroxylation is 2. The minimum Gasteiger partial charge on any atom is -0.451 e. The van der Waals surface area contributed by atoms with Crippen LogP contribution in [0.1, 0.15) is 50.9 Å². The Morgan fingerprint density at radius 1 is 1.28 bits per heavy atom. The van der Waals surface area contributed by atoms with E-state index in [2.05, 4.69) is 19.6 Å². The first kappa shape index (κ1) is 19.3. The number of ketones is 1. The molecule has 3 aromatic rings. The Bertz CT molecular complexity index is 1080. The molecule has 0 unspecified atom stereocenters. The predicted molar refractivity (Wildman–Crippen MR) is 103 cm³/mol. The molecule has 1 aliphatic heterocycles. The second-order valence-electron chi connectivity index (χ2n) is 7.26. The fourth-order valence-corrected chi connectivity index (χ4v) is 3.62. The molecule has 9 heteroatoms. The van der Waals surface area contributed by atoms with Gasteiger partial charge in [0.25, 0.3) is 11.6 Å². The van der Waals surface area contributed by atoms with Gasteiger partial charge in [0.05, 0.1) is 6.10 Å². The van der Waals surface area contributed by atoms with Gasteiger partial charge in [-0.3, -0.25) is 4.79 Å². The Morgan fingerprint density at radius 2 is 2.10 bits per heavy atom. The van der Waals surface area contributed by atoms with Gasteiger partial charge in [-0.1, -0.05) is 0 Å². The van der Waals surface area contributed by atoms with Crippen molar-refractivity contribution < 1.29 is 19.1 Å². The van der Waals surface area contributed by atoms with Crippen LogP contribution in [0.4, 0.5) is 0 Å². The van der Waals surface area contributed by atoms with Crippen molar-refractivity contribution in [2.75, 3.05) is 13.2 Å². The van der Waals surface area contributed by atoms with E-state index in [0.29, 0.717) is 11.3 Å². The maximum Gasteiger partial charge on any atom is 0.378 e. The Labute approximate surface area is 167 Å². The third kappa shape index (κ3) is 3.77. The minimum absolute atomic E-state index is 0.122. The molecule has 0 amide bonds. The summed E-state index contributed by atoms with van der Waals surface area (Å²) in [6.45, 7) is 6.83. The van der Waals surface area contributed by atoms with Crippen LogP contribution >= 0.6 is 0 Å². The van der Waals surface area contributed by atoms with E-state index in [1.807, 2.05) is 26.8 Å². The lowest BCUT2D eigenvalue weighted by atomic mass is 10.1. The van der Waals surface area contributed by atoms with Crippen molar-refractivity contribution in [1.29, 1.82) is 0 Å². The van der Waals surface area contributed by atoms with Gasteiger partial charge < -0.3 is 14.0 Å². The number of rotatable bonds is 6. The highest BCUT2D eigenvalue weighted by molar-refractivity contribution is 6.00. The zero-order chi connectivity index (χ0) is 20.5. The number of hydrogen-bond acceptors (Lipinski definition) is 7. The van der Waals surface area contributed by atoms with Crippen LogP contribution in [-0.2, 0) is 16.0 Å². The van der Waals surface area contributed by atoms with Gasteiger partial charge in [0.2, 0.25) is 5.78 Å². The van der Waals surface area contributed by atoms with Crippen molar-refractivity contribution >= 4 is 17.5 Å². The van der Waals surface area contributed by atoms with Crippen molar-refractivity contribution in [3.63, 3.8) is 0 Å². The van der Waals surface area contributed by atoms with E-state index < -0.39 is 5.97 Å². The first-order valence-electron chi connectivity index (χ1n) is 9.61. The molecule has 1 aliphatic rings. The van der Waals surface area contributed by atoms with Crippen molar-refractivity contribution in [2.45, 2.75) is 46.3 Å². The summed E-state index contributed by atoms with van der Waals surface area (Å²) in [6.07, 6.45) is 3.86. The zero-order valence-electron chi connectivity index (χ0n) is 16.7.